The van der Waals surface area contributed by atoms with E-state index >= 15 is 0 Å². The Kier molecular flexibility index (Phi) is 5.49. The summed E-state index contributed by atoms with van der Waals surface area (Å²) in [6.07, 6.45) is 3.03. The highest BCUT2D eigenvalue weighted by Gasteiger charge is 2.23. The number of amides is 2. The van der Waals surface area contributed by atoms with Gasteiger partial charge in [-0.15, -0.1) is 0 Å². The second-order valence-electron chi connectivity index (χ2n) is 6.39. The van der Waals surface area contributed by atoms with Crippen molar-refractivity contribution < 1.29 is 9.90 Å². The first-order valence-corrected chi connectivity index (χ1v) is 8.57. The summed E-state index contributed by atoms with van der Waals surface area (Å²) in [4.78, 5) is 12.5. The van der Waals surface area contributed by atoms with Crippen LogP contribution in [0, 0.1) is 0 Å². The lowest BCUT2D eigenvalue weighted by molar-refractivity contribution is 0.113. The van der Waals surface area contributed by atoms with Crippen LogP contribution in [0.3, 0.4) is 0 Å². The Labute approximate surface area is 142 Å². The molecule has 3 N–H and O–H groups in total. The van der Waals surface area contributed by atoms with Gasteiger partial charge in [-0.05, 0) is 36.8 Å². The Morgan fingerprint density at radius 3 is 2.08 bits per heavy atom. The zero-order valence-corrected chi connectivity index (χ0v) is 13.7. The molecule has 1 aliphatic rings. The second kappa shape index (κ2) is 7.97. The first kappa shape index (κ1) is 16.5. The van der Waals surface area contributed by atoms with E-state index in [2.05, 4.69) is 10.6 Å². The fraction of sp³-hybridized carbons (Fsp3) is 0.350. The van der Waals surface area contributed by atoms with Crippen molar-refractivity contribution in [2.24, 2.45) is 0 Å². The second-order valence-corrected chi connectivity index (χ2v) is 6.39. The standard InChI is InChI=1S/C20H24N2O2/c23-18-13-7-12-17(14-18)21-20(24)22-19(15-8-3-1-4-9-15)16-10-5-2-6-11-16/h1-6,8-11,17-19,23H,7,12-14H2,(H2,21,22,24)/t17-,18+/m0/s1. The van der Waals surface area contributed by atoms with E-state index < -0.39 is 0 Å². The summed E-state index contributed by atoms with van der Waals surface area (Å²) in [6, 6.07) is 19.6. The lowest BCUT2D eigenvalue weighted by Gasteiger charge is -2.28. The first-order valence-electron chi connectivity index (χ1n) is 8.57. The minimum absolute atomic E-state index is 0.0425. The molecule has 0 saturated heterocycles. The predicted molar refractivity (Wildman–Crippen MR) is 94.7 cm³/mol. The quantitative estimate of drug-likeness (QED) is 0.807. The number of rotatable bonds is 4. The number of carbonyl (C=O) groups excluding carboxylic acids is 1. The maximum Gasteiger partial charge on any atom is 0.315 e. The van der Waals surface area contributed by atoms with Gasteiger partial charge in [0.05, 0.1) is 12.1 Å². The van der Waals surface area contributed by atoms with Gasteiger partial charge in [-0.1, -0.05) is 60.7 Å². The van der Waals surface area contributed by atoms with Gasteiger partial charge >= 0.3 is 6.03 Å². The van der Waals surface area contributed by atoms with Crippen molar-refractivity contribution in [2.45, 2.75) is 43.9 Å². The monoisotopic (exact) mass is 324 g/mol. The summed E-state index contributed by atoms with van der Waals surface area (Å²) in [6.45, 7) is 0. The van der Waals surface area contributed by atoms with Crippen LogP contribution in [0.1, 0.15) is 42.9 Å². The van der Waals surface area contributed by atoms with Crippen molar-refractivity contribution in [3.8, 4) is 0 Å². The normalized spacial score (nSPS) is 20.6. The molecule has 2 aromatic rings. The number of aliphatic hydroxyl groups excluding tert-OH is 1. The number of nitrogens with one attached hydrogen (secondary N) is 2. The summed E-state index contributed by atoms with van der Waals surface area (Å²) in [5, 5.41) is 15.8. The largest absolute Gasteiger partial charge is 0.393 e. The molecule has 2 aromatic carbocycles. The summed E-state index contributed by atoms with van der Waals surface area (Å²) < 4.78 is 0. The van der Waals surface area contributed by atoms with Crippen molar-refractivity contribution >= 4 is 6.03 Å². The number of hydrogen-bond donors (Lipinski definition) is 3. The smallest absolute Gasteiger partial charge is 0.315 e. The maximum atomic E-state index is 12.5. The number of carbonyl (C=O) groups is 1. The van der Waals surface area contributed by atoms with Crippen LogP contribution in [-0.2, 0) is 0 Å². The fourth-order valence-corrected chi connectivity index (χ4v) is 3.30. The van der Waals surface area contributed by atoms with Gasteiger partial charge < -0.3 is 15.7 Å². The highest BCUT2D eigenvalue weighted by molar-refractivity contribution is 5.75. The van der Waals surface area contributed by atoms with Crippen molar-refractivity contribution in [3.05, 3.63) is 71.8 Å². The lowest BCUT2D eigenvalue weighted by Crippen LogP contribution is -2.46. The average molecular weight is 324 g/mol. The third-order valence-electron chi connectivity index (χ3n) is 4.52. The lowest BCUT2D eigenvalue weighted by atomic mass is 9.93. The molecule has 0 unspecified atom stereocenters. The maximum absolute atomic E-state index is 12.5. The molecule has 4 heteroatoms. The Morgan fingerprint density at radius 1 is 0.958 bits per heavy atom. The molecule has 0 aromatic heterocycles. The molecular formula is C20H24N2O2. The molecule has 0 spiro atoms. The third kappa shape index (κ3) is 4.36. The van der Waals surface area contributed by atoms with Gasteiger partial charge in [0, 0.05) is 6.04 Å². The Balaban J connectivity index is 1.71. The zero-order chi connectivity index (χ0) is 16.8. The SMILES string of the molecule is O=C(NC(c1ccccc1)c1ccccc1)N[C@H]1CCC[C@@H](O)C1. The van der Waals surface area contributed by atoms with Crippen LogP contribution in [0.5, 0.6) is 0 Å². The molecule has 1 aliphatic carbocycles. The summed E-state index contributed by atoms with van der Waals surface area (Å²) >= 11 is 0. The molecule has 0 aliphatic heterocycles. The van der Waals surface area contributed by atoms with E-state index in [9.17, 15) is 9.90 Å². The van der Waals surface area contributed by atoms with Gasteiger partial charge in [0.2, 0.25) is 0 Å². The third-order valence-corrected chi connectivity index (χ3v) is 4.52. The summed E-state index contributed by atoms with van der Waals surface area (Å²) in [7, 11) is 0. The molecule has 2 amide bonds. The molecular weight excluding hydrogens is 300 g/mol. The number of urea groups is 1. The Hall–Kier alpha value is -2.33. The van der Waals surface area contributed by atoms with E-state index in [0.29, 0.717) is 6.42 Å². The van der Waals surface area contributed by atoms with Crippen LogP contribution in [0.25, 0.3) is 0 Å². The predicted octanol–water partition coefficient (Wildman–Crippen LogP) is 3.38. The highest BCUT2D eigenvalue weighted by Crippen LogP contribution is 2.22. The number of benzene rings is 2. The van der Waals surface area contributed by atoms with Crippen molar-refractivity contribution in [1.82, 2.24) is 10.6 Å². The molecule has 24 heavy (non-hydrogen) atoms. The van der Waals surface area contributed by atoms with Gasteiger partial charge in [-0.25, -0.2) is 4.79 Å². The Bertz CT molecular complexity index is 606. The molecule has 0 heterocycles. The molecule has 126 valence electrons. The molecule has 2 atom stereocenters. The molecule has 0 radical (unpaired) electrons. The average Bonchev–Trinajstić information content (AvgIpc) is 2.61. The van der Waals surface area contributed by atoms with Crippen LogP contribution >= 0.6 is 0 Å². The van der Waals surface area contributed by atoms with E-state index in [4.69, 9.17) is 0 Å². The van der Waals surface area contributed by atoms with Gasteiger partial charge in [0.1, 0.15) is 0 Å². The molecule has 1 fully saturated rings. The van der Waals surface area contributed by atoms with E-state index in [1.54, 1.807) is 0 Å². The highest BCUT2D eigenvalue weighted by atomic mass is 16.3. The van der Waals surface area contributed by atoms with Crippen LogP contribution in [0.4, 0.5) is 4.79 Å². The van der Waals surface area contributed by atoms with E-state index in [0.717, 1.165) is 30.4 Å². The van der Waals surface area contributed by atoms with Gasteiger partial charge in [-0.2, -0.15) is 0 Å². The van der Waals surface area contributed by atoms with E-state index in [-0.39, 0.29) is 24.2 Å². The number of aliphatic hydroxyl groups is 1. The van der Waals surface area contributed by atoms with Gasteiger partial charge in [0.25, 0.3) is 0 Å². The minimum atomic E-state index is -0.303. The Morgan fingerprint density at radius 2 is 1.54 bits per heavy atom. The topological polar surface area (TPSA) is 61.4 Å². The van der Waals surface area contributed by atoms with Crippen LogP contribution < -0.4 is 10.6 Å². The molecule has 0 bridgehead atoms. The minimum Gasteiger partial charge on any atom is -0.393 e. The van der Waals surface area contributed by atoms with Crippen molar-refractivity contribution in [1.29, 1.82) is 0 Å². The zero-order valence-electron chi connectivity index (χ0n) is 13.7. The molecule has 1 saturated carbocycles. The van der Waals surface area contributed by atoms with E-state index in [1.807, 2.05) is 60.7 Å². The van der Waals surface area contributed by atoms with Crippen LogP contribution in [0.2, 0.25) is 0 Å². The summed E-state index contributed by atoms with van der Waals surface area (Å²) in [5.74, 6) is 0. The van der Waals surface area contributed by atoms with Crippen molar-refractivity contribution in [3.63, 3.8) is 0 Å². The summed E-state index contributed by atoms with van der Waals surface area (Å²) in [5.41, 5.74) is 2.09. The molecule has 4 nitrogen and oxygen atoms in total. The van der Waals surface area contributed by atoms with E-state index in [1.165, 1.54) is 0 Å². The van der Waals surface area contributed by atoms with Gasteiger partial charge in [-0.3, -0.25) is 0 Å². The first-order chi connectivity index (χ1) is 11.7. The van der Waals surface area contributed by atoms with Gasteiger partial charge in [0.15, 0.2) is 0 Å². The van der Waals surface area contributed by atoms with Crippen molar-refractivity contribution in [2.75, 3.05) is 0 Å². The fourth-order valence-electron chi connectivity index (χ4n) is 3.30. The van der Waals surface area contributed by atoms with Crippen LogP contribution in [-0.4, -0.2) is 23.3 Å². The molecule has 3 rings (SSSR count). The number of hydrogen-bond acceptors (Lipinski definition) is 2. The van der Waals surface area contributed by atoms with Crippen LogP contribution in [0.15, 0.2) is 60.7 Å².